The molecule has 0 radical (unpaired) electrons. The summed E-state index contributed by atoms with van der Waals surface area (Å²) in [4.78, 5) is 16.2. The molecule has 0 unspecified atom stereocenters. The smallest absolute Gasteiger partial charge is 0.253 e. The first kappa shape index (κ1) is 13.1. The SMILES string of the molecule is CCCn1cncc1Cn1cc(Br)cc(C)c1=O. The van der Waals surface area contributed by atoms with E-state index in [2.05, 4.69) is 32.4 Å². The van der Waals surface area contributed by atoms with E-state index in [1.165, 1.54) is 0 Å². The maximum absolute atomic E-state index is 12.0. The topological polar surface area (TPSA) is 39.8 Å². The summed E-state index contributed by atoms with van der Waals surface area (Å²) in [5.74, 6) is 0. The molecule has 2 rings (SSSR count). The molecule has 0 saturated carbocycles. The fraction of sp³-hybridized carbons (Fsp3) is 0.385. The van der Waals surface area contributed by atoms with Gasteiger partial charge in [-0.05, 0) is 35.3 Å². The van der Waals surface area contributed by atoms with E-state index in [9.17, 15) is 4.79 Å². The molecular weight excluding hydrogens is 294 g/mol. The number of hydrogen-bond acceptors (Lipinski definition) is 2. The Balaban J connectivity index is 2.34. The third-order valence-corrected chi connectivity index (χ3v) is 3.26. The van der Waals surface area contributed by atoms with Gasteiger partial charge in [0.1, 0.15) is 0 Å². The molecular formula is C13H16BrN3O. The Hall–Kier alpha value is -1.36. The van der Waals surface area contributed by atoms with Gasteiger partial charge in [0, 0.05) is 29.0 Å². The van der Waals surface area contributed by atoms with Gasteiger partial charge in [-0.15, -0.1) is 0 Å². The highest BCUT2D eigenvalue weighted by atomic mass is 79.9. The number of aryl methyl sites for hydroxylation is 2. The van der Waals surface area contributed by atoms with E-state index in [1.807, 2.05) is 31.7 Å². The zero-order valence-electron chi connectivity index (χ0n) is 10.6. The number of nitrogens with zero attached hydrogens (tertiary/aromatic N) is 3. The van der Waals surface area contributed by atoms with Crippen molar-refractivity contribution < 1.29 is 0 Å². The summed E-state index contributed by atoms with van der Waals surface area (Å²) < 4.78 is 4.71. The van der Waals surface area contributed by atoms with E-state index in [-0.39, 0.29) is 5.56 Å². The number of rotatable bonds is 4. The Kier molecular flexibility index (Phi) is 4.01. The Morgan fingerprint density at radius 3 is 2.89 bits per heavy atom. The minimum atomic E-state index is 0.0439. The summed E-state index contributed by atoms with van der Waals surface area (Å²) in [7, 11) is 0. The van der Waals surface area contributed by atoms with Gasteiger partial charge in [-0.1, -0.05) is 6.92 Å². The minimum absolute atomic E-state index is 0.0439. The molecule has 5 heteroatoms. The lowest BCUT2D eigenvalue weighted by atomic mass is 10.3. The molecule has 0 aliphatic heterocycles. The van der Waals surface area contributed by atoms with Crippen LogP contribution in [0, 0.1) is 6.92 Å². The average molecular weight is 310 g/mol. The van der Waals surface area contributed by atoms with Crippen LogP contribution in [0.2, 0.25) is 0 Å². The van der Waals surface area contributed by atoms with Gasteiger partial charge in [0.25, 0.3) is 5.56 Å². The maximum atomic E-state index is 12.0. The van der Waals surface area contributed by atoms with Crippen LogP contribution in [-0.4, -0.2) is 14.1 Å². The number of imidazole rings is 1. The lowest BCUT2D eigenvalue weighted by molar-refractivity contribution is 0.615. The van der Waals surface area contributed by atoms with Crippen molar-refractivity contribution in [1.29, 1.82) is 0 Å². The number of hydrogen-bond donors (Lipinski definition) is 0. The summed E-state index contributed by atoms with van der Waals surface area (Å²) in [6, 6.07) is 1.84. The molecule has 18 heavy (non-hydrogen) atoms. The van der Waals surface area contributed by atoms with E-state index in [0.29, 0.717) is 6.54 Å². The Labute approximate surface area is 114 Å². The van der Waals surface area contributed by atoms with Crippen molar-refractivity contribution in [3.8, 4) is 0 Å². The van der Waals surface area contributed by atoms with Crippen molar-refractivity contribution in [3.05, 3.63) is 50.9 Å². The third kappa shape index (κ3) is 2.72. The summed E-state index contributed by atoms with van der Waals surface area (Å²) in [6.45, 7) is 5.43. The first-order valence-corrected chi connectivity index (χ1v) is 6.76. The molecule has 0 N–H and O–H groups in total. The Morgan fingerprint density at radius 1 is 1.39 bits per heavy atom. The van der Waals surface area contributed by atoms with Crippen LogP contribution >= 0.6 is 15.9 Å². The van der Waals surface area contributed by atoms with Gasteiger partial charge < -0.3 is 9.13 Å². The molecule has 2 aromatic rings. The highest BCUT2D eigenvalue weighted by molar-refractivity contribution is 9.10. The molecule has 0 fully saturated rings. The summed E-state index contributed by atoms with van der Waals surface area (Å²) >= 11 is 3.42. The van der Waals surface area contributed by atoms with E-state index in [1.54, 1.807) is 4.57 Å². The van der Waals surface area contributed by atoms with Gasteiger partial charge in [-0.3, -0.25) is 4.79 Å². The van der Waals surface area contributed by atoms with Crippen LogP contribution in [0.5, 0.6) is 0 Å². The third-order valence-electron chi connectivity index (χ3n) is 2.83. The molecule has 0 saturated heterocycles. The highest BCUT2D eigenvalue weighted by Crippen LogP contribution is 2.10. The molecule has 0 amide bonds. The quantitative estimate of drug-likeness (QED) is 0.871. The molecule has 2 aromatic heterocycles. The zero-order valence-corrected chi connectivity index (χ0v) is 12.1. The average Bonchev–Trinajstić information content (AvgIpc) is 2.73. The van der Waals surface area contributed by atoms with Gasteiger partial charge in [-0.25, -0.2) is 4.98 Å². The van der Waals surface area contributed by atoms with Crippen molar-refractivity contribution in [2.24, 2.45) is 0 Å². The van der Waals surface area contributed by atoms with Gasteiger partial charge in [0.05, 0.1) is 18.6 Å². The number of pyridine rings is 1. The van der Waals surface area contributed by atoms with Crippen LogP contribution in [0.15, 0.2) is 34.1 Å². The van der Waals surface area contributed by atoms with Crippen LogP contribution < -0.4 is 5.56 Å². The number of aromatic nitrogens is 3. The second-order valence-corrected chi connectivity index (χ2v) is 5.27. The van der Waals surface area contributed by atoms with Crippen molar-refractivity contribution in [2.75, 3.05) is 0 Å². The van der Waals surface area contributed by atoms with Crippen LogP contribution in [0.25, 0.3) is 0 Å². The van der Waals surface area contributed by atoms with E-state index < -0.39 is 0 Å². The minimum Gasteiger partial charge on any atom is -0.333 e. The lowest BCUT2D eigenvalue weighted by Gasteiger charge is -2.10. The van der Waals surface area contributed by atoms with Crippen LogP contribution in [0.3, 0.4) is 0 Å². The number of halogens is 1. The lowest BCUT2D eigenvalue weighted by Crippen LogP contribution is -2.23. The largest absolute Gasteiger partial charge is 0.333 e. The zero-order chi connectivity index (χ0) is 13.1. The first-order valence-electron chi connectivity index (χ1n) is 5.97. The summed E-state index contributed by atoms with van der Waals surface area (Å²) in [6.07, 6.45) is 6.50. The molecule has 0 aliphatic carbocycles. The van der Waals surface area contributed by atoms with Gasteiger partial charge in [0.15, 0.2) is 0 Å². The molecule has 0 aromatic carbocycles. The Bertz CT molecular complexity index is 601. The van der Waals surface area contributed by atoms with Crippen LogP contribution in [0.1, 0.15) is 24.6 Å². The molecule has 4 nitrogen and oxygen atoms in total. The fourth-order valence-electron chi connectivity index (χ4n) is 1.95. The van der Waals surface area contributed by atoms with Gasteiger partial charge in [0.2, 0.25) is 0 Å². The van der Waals surface area contributed by atoms with Crippen molar-refractivity contribution in [1.82, 2.24) is 14.1 Å². The first-order chi connectivity index (χ1) is 8.61. The monoisotopic (exact) mass is 309 g/mol. The van der Waals surface area contributed by atoms with Crippen molar-refractivity contribution in [2.45, 2.75) is 33.4 Å². The predicted octanol–water partition coefficient (Wildman–Crippen LogP) is 2.57. The molecule has 0 atom stereocenters. The van der Waals surface area contributed by atoms with E-state index in [0.717, 1.165) is 28.7 Å². The summed E-state index contributed by atoms with van der Waals surface area (Å²) in [5, 5.41) is 0. The second-order valence-electron chi connectivity index (χ2n) is 4.35. The van der Waals surface area contributed by atoms with Crippen molar-refractivity contribution >= 4 is 15.9 Å². The summed E-state index contributed by atoms with van der Waals surface area (Å²) in [5.41, 5.74) is 1.84. The standard InChI is InChI=1S/C13H16BrN3O/c1-3-4-16-9-15-6-12(16)8-17-7-11(14)5-10(2)13(17)18/h5-7,9H,3-4,8H2,1-2H3. The second kappa shape index (κ2) is 5.52. The van der Waals surface area contributed by atoms with Crippen LogP contribution in [-0.2, 0) is 13.1 Å². The fourth-order valence-corrected chi connectivity index (χ4v) is 2.54. The molecule has 0 spiro atoms. The highest BCUT2D eigenvalue weighted by Gasteiger charge is 2.06. The molecule has 2 heterocycles. The van der Waals surface area contributed by atoms with Crippen LogP contribution in [0.4, 0.5) is 0 Å². The van der Waals surface area contributed by atoms with Crippen molar-refractivity contribution in [3.63, 3.8) is 0 Å². The van der Waals surface area contributed by atoms with Gasteiger partial charge in [-0.2, -0.15) is 0 Å². The van der Waals surface area contributed by atoms with E-state index >= 15 is 0 Å². The van der Waals surface area contributed by atoms with Gasteiger partial charge >= 0.3 is 0 Å². The molecule has 96 valence electrons. The predicted molar refractivity (Wildman–Crippen MR) is 74.8 cm³/mol. The normalized spacial score (nSPS) is 10.8. The van der Waals surface area contributed by atoms with E-state index in [4.69, 9.17) is 0 Å². The Morgan fingerprint density at radius 2 is 2.17 bits per heavy atom. The molecule has 0 bridgehead atoms. The maximum Gasteiger partial charge on any atom is 0.253 e. The molecule has 0 aliphatic rings.